The van der Waals surface area contributed by atoms with E-state index in [1.54, 1.807) is 12.1 Å². The molecule has 0 unspecified atom stereocenters. The lowest BCUT2D eigenvalue weighted by atomic mass is 9.68. The fourth-order valence-electron chi connectivity index (χ4n) is 5.86. The van der Waals surface area contributed by atoms with Crippen LogP contribution in [-0.2, 0) is 9.59 Å². The second-order valence-corrected chi connectivity index (χ2v) is 10.2. The number of phenols is 1. The molecule has 1 aliphatic carbocycles. The van der Waals surface area contributed by atoms with Gasteiger partial charge in [0, 0.05) is 5.92 Å². The Kier molecular flexibility index (Phi) is 9.22. The molecule has 40 heavy (non-hydrogen) atoms. The highest BCUT2D eigenvalue weighted by Gasteiger charge is 2.55. The summed E-state index contributed by atoms with van der Waals surface area (Å²) in [6.45, 7) is 0.933. The summed E-state index contributed by atoms with van der Waals surface area (Å²) in [7, 11) is -1.79. The first-order valence-corrected chi connectivity index (χ1v) is 13.2. The molecule has 0 aromatic heterocycles. The normalized spacial score (nSPS) is 22.1. The van der Waals surface area contributed by atoms with Gasteiger partial charge >= 0.3 is 7.12 Å². The molecule has 2 aliphatic rings. The van der Waals surface area contributed by atoms with Crippen LogP contribution in [0.1, 0.15) is 38.2 Å². The Balaban J connectivity index is 1.58. The number of halogens is 1. The number of aliphatic hydroxyl groups is 3. The standard InChI is InChI=1S/C29H33BFNO8/c1-2-16(10-17-7-8-24(35)23(31)11-17)6-9-25(36)26-18(14-33)12-21-27(22(26)15-34)29(38)32(28(21)37)20-5-3-4-19(13-20)30(39)40/h3-5,7-8,10-11,13,21-22,25,27,33-36,39-40H,2,6,9,12,14-15H2,1H3/b16-10+/t21-,22+,25-,27-/m1/s1. The average Bonchev–Trinajstić information content (AvgIpc) is 3.20. The van der Waals surface area contributed by atoms with Gasteiger partial charge in [-0.3, -0.25) is 14.5 Å². The van der Waals surface area contributed by atoms with E-state index in [0.29, 0.717) is 29.6 Å². The van der Waals surface area contributed by atoms with Gasteiger partial charge < -0.3 is 30.5 Å². The number of hydrogen-bond acceptors (Lipinski definition) is 8. The minimum absolute atomic E-state index is 0.0384. The zero-order valence-electron chi connectivity index (χ0n) is 22.1. The Labute approximate surface area is 231 Å². The summed E-state index contributed by atoms with van der Waals surface area (Å²) >= 11 is 0. The zero-order chi connectivity index (χ0) is 29.1. The maximum absolute atomic E-state index is 13.8. The number of hydrogen-bond donors (Lipinski definition) is 6. The molecule has 0 spiro atoms. The first-order valence-electron chi connectivity index (χ1n) is 13.2. The summed E-state index contributed by atoms with van der Waals surface area (Å²) in [4.78, 5) is 27.9. The zero-order valence-corrected chi connectivity index (χ0v) is 22.1. The highest BCUT2D eigenvalue weighted by Crippen LogP contribution is 2.47. The quantitative estimate of drug-likeness (QED) is 0.146. The molecule has 2 amide bonds. The SMILES string of the molecule is CC/C(=C\c1ccc(O)c(F)c1)CC[C@@H](O)C1=C(CO)C[C@H]2C(=O)N(c3cccc(B(O)O)c3)C(=O)[C@H]2[C@H]1CO. The lowest BCUT2D eigenvalue weighted by Crippen LogP contribution is -2.39. The number of carbonyl (C=O) groups is 2. The van der Waals surface area contributed by atoms with Crippen molar-refractivity contribution < 1.29 is 44.5 Å². The van der Waals surface area contributed by atoms with E-state index in [-0.39, 0.29) is 24.0 Å². The molecule has 0 saturated carbocycles. The van der Waals surface area contributed by atoms with E-state index < -0.39 is 67.6 Å². The topological polar surface area (TPSA) is 159 Å². The van der Waals surface area contributed by atoms with E-state index in [9.17, 15) is 44.5 Å². The molecule has 0 bridgehead atoms. The molecule has 1 aliphatic heterocycles. The largest absolute Gasteiger partial charge is 0.505 e. The molecular formula is C29H33BFNO8. The van der Waals surface area contributed by atoms with Crippen LogP contribution in [0.4, 0.5) is 10.1 Å². The highest BCUT2D eigenvalue weighted by atomic mass is 19.1. The van der Waals surface area contributed by atoms with Crippen LogP contribution in [-0.4, -0.2) is 68.7 Å². The van der Waals surface area contributed by atoms with E-state index in [1.807, 2.05) is 6.92 Å². The van der Waals surface area contributed by atoms with Gasteiger partial charge in [-0.25, -0.2) is 4.39 Å². The number of aliphatic hydroxyl groups excluding tert-OH is 3. The Morgan fingerprint density at radius 3 is 2.52 bits per heavy atom. The van der Waals surface area contributed by atoms with Crippen molar-refractivity contribution in [3.05, 3.63) is 70.6 Å². The molecule has 4 rings (SSSR count). The summed E-state index contributed by atoms with van der Waals surface area (Å²) in [5.41, 5.74) is 2.47. The average molecular weight is 553 g/mol. The first kappa shape index (κ1) is 29.6. The number of allylic oxidation sites excluding steroid dienone is 1. The smallest absolute Gasteiger partial charge is 0.488 e. The third-order valence-corrected chi connectivity index (χ3v) is 7.89. The maximum Gasteiger partial charge on any atom is 0.488 e. The van der Waals surface area contributed by atoms with Gasteiger partial charge in [0.1, 0.15) is 0 Å². The van der Waals surface area contributed by atoms with Gasteiger partial charge in [-0.05, 0) is 72.1 Å². The highest BCUT2D eigenvalue weighted by molar-refractivity contribution is 6.58. The fourth-order valence-corrected chi connectivity index (χ4v) is 5.86. The third kappa shape index (κ3) is 5.75. The van der Waals surface area contributed by atoms with Crippen LogP contribution in [0, 0.1) is 23.6 Å². The molecule has 4 atom stereocenters. The Hall–Kier alpha value is -3.35. The number of imide groups is 1. The van der Waals surface area contributed by atoms with Crippen molar-refractivity contribution >= 4 is 36.2 Å². The summed E-state index contributed by atoms with van der Waals surface area (Å²) in [5, 5.41) is 60.3. The minimum atomic E-state index is -1.79. The summed E-state index contributed by atoms with van der Waals surface area (Å²) in [6.07, 6.45) is 1.91. The fraction of sp³-hybridized carbons (Fsp3) is 0.379. The van der Waals surface area contributed by atoms with Gasteiger partial charge in [-0.1, -0.05) is 36.8 Å². The Morgan fingerprint density at radius 1 is 1.15 bits per heavy atom. The van der Waals surface area contributed by atoms with Crippen molar-refractivity contribution in [2.75, 3.05) is 18.1 Å². The van der Waals surface area contributed by atoms with Gasteiger partial charge in [-0.15, -0.1) is 0 Å². The summed E-state index contributed by atoms with van der Waals surface area (Å²) < 4.78 is 13.8. The molecule has 1 heterocycles. The number of nitrogens with zero attached hydrogens (tertiary/aromatic N) is 1. The van der Waals surface area contributed by atoms with Crippen LogP contribution in [0.25, 0.3) is 6.08 Å². The number of aromatic hydroxyl groups is 1. The number of benzene rings is 2. The molecule has 2 aromatic carbocycles. The van der Waals surface area contributed by atoms with E-state index >= 15 is 0 Å². The van der Waals surface area contributed by atoms with Crippen molar-refractivity contribution in [2.45, 2.75) is 38.7 Å². The summed E-state index contributed by atoms with van der Waals surface area (Å²) in [5.74, 6) is -4.98. The Morgan fingerprint density at radius 2 is 1.90 bits per heavy atom. The number of fused-ring (bicyclic) bond motifs is 1. The second-order valence-electron chi connectivity index (χ2n) is 10.2. The lowest BCUT2D eigenvalue weighted by Gasteiger charge is -2.36. The molecule has 6 N–H and O–H groups in total. The maximum atomic E-state index is 13.8. The van der Waals surface area contributed by atoms with E-state index in [4.69, 9.17) is 0 Å². The van der Waals surface area contributed by atoms with Crippen molar-refractivity contribution in [1.29, 1.82) is 0 Å². The first-order chi connectivity index (χ1) is 19.1. The number of phenolic OH excluding ortho intramolecular Hbond substituents is 1. The Bertz CT molecular complexity index is 1340. The predicted molar refractivity (Wildman–Crippen MR) is 147 cm³/mol. The molecule has 1 saturated heterocycles. The molecule has 9 nitrogen and oxygen atoms in total. The summed E-state index contributed by atoms with van der Waals surface area (Å²) in [6, 6.07) is 9.82. The van der Waals surface area contributed by atoms with Crippen LogP contribution in [0.5, 0.6) is 5.75 Å². The second kappa shape index (κ2) is 12.4. The number of anilines is 1. The number of rotatable bonds is 10. The van der Waals surface area contributed by atoms with Gasteiger partial charge in [0.2, 0.25) is 11.8 Å². The number of carbonyl (C=O) groups excluding carboxylic acids is 2. The lowest BCUT2D eigenvalue weighted by molar-refractivity contribution is -0.123. The molecule has 0 radical (unpaired) electrons. The van der Waals surface area contributed by atoms with Gasteiger partial charge in [0.05, 0.1) is 36.8 Å². The van der Waals surface area contributed by atoms with Crippen LogP contribution in [0.2, 0.25) is 0 Å². The van der Waals surface area contributed by atoms with Gasteiger partial charge in [-0.2, -0.15) is 0 Å². The van der Waals surface area contributed by atoms with Gasteiger partial charge in [0.25, 0.3) is 0 Å². The van der Waals surface area contributed by atoms with Crippen LogP contribution in [0.3, 0.4) is 0 Å². The van der Waals surface area contributed by atoms with E-state index in [2.05, 4.69) is 0 Å². The van der Waals surface area contributed by atoms with Crippen molar-refractivity contribution in [3.8, 4) is 5.75 Å². The molecule has 2 aromatic rings. The van der Waals surface area contributed by atoms with E-state index in [1.165, 1.54) is 36.4 Å². The molecule has 1 fully saturated rings. The predicted octanol–water partition coefficient (Wildman–Crippen LogP) is 1.25. The molecule has 212 valence electrons. The minimum Gasteiger partial charge on any atom is -0.505 e. The van der Waals surface area contributed by atoms with Gasteiger partial charge in [0.15, 0.2) is 11.6 Å². The van der Waals surface area contributed by atoms with Crippen LogP contribution < -0.4 is 10.4 Å². The van der Waals surface area contributed by atoms with Crippen molar-refractivity contribution in [1.82, 2.24) is 0 Å². The third-order valence-electron chi connectivity index (χ3n) is 7.89. The van der Waals surface area contributed by atoms with Crippen LogP contribution >= 0.6 is 0 Å². The van der Waals surface area contributed by atoms with Crippen LogP contribution in [0.15, 0.2) is 59.2 Å². The van der Waals surface area contributed by atoms with Crippen molar-refractivity contribution in [2.24, 2.45) is 17.8 Å². The van der Waals surface area contributed by atoms with Crippen molar-refractivity contribution in [3.63, 3.8) is 0 Å². The monoisotopic (exact) mass is 553 g/mol. The number of amides is 2. The molecular weight excluding hydrogens is 520 g/mol. The van der Waals surface area contributed by atoms with E-state index in [0.717, 1.165) is 10.5 Å². The molecule has 11 heteroatoms.